The Kier molecular flexibility index (Phi) is 3.21. The molecule has 1 fully saturated rings. The maximum atomic E-state index is 8.85. The summed E-state index contributed by atoms with van der Waals surface area (Å²) in [5, 5.41) is 8.85. The summed E-state index contributed by atoms with van der Waals surface area (Å²) in [7, 11) is 0. The predicted molar refractivity (Wildman–Crippen MR) is 61.2 cm³/mol. The molecule has 1 aromatic rings. The molecule has 0 unspecified atom stereocenters. The van der Waals surface area contributed by atoms with Crippen molar-refractivity contribution in [2.24, 2.45) is 0 Å². The summed E-state index contributed by atoms with van der Waals surface area (Å²) >= 11 is 0. The molecule has 15 heavy (non-hydrogen) atoms. The molecule has 82 valence electrons. The van der Waals surface area contributed by atoms with Crippen molar-refractivity contribution in [2.45, 2.75) is 26.2 Å². The van der Waals surface area contributed by atoms with Gasteiger partial charge < -0.3 is 10.0 Å². The van der Waals surface area contributed by atoms with Crippen LogP contribution in [0.5, 0.6) is 0 Å². The molecule has 1 saturated heterocycles. The molecule has 0 radical (unpaired) electrons. The Hall–Kier alpha value is -1.09. The van der Waals surface area contributed by atoms with E-state index >= 15 is 0 Å². The molecule has 1 aromatic heterocycles. The lowest BCUT2D eigenvalue weighted by molar-refractivity contribution is 0.299. The van der Waals surface area contributed by atoms with Crippen molar-refractivity contribution < 1.29 is 5.11 Å². The van der Waals surface area contributed by atoms with E-state index in [1.165, 1.54) is 18.4 Å². The fourth-order valence-corrected chi connectivity index (χ4v) is 2.15. The summed E-state index contributed by atoms with van der Waals surface area (Å²) in [6.07, 6.45) is 5.14. The first kappa shape index (κ1) is 10.4. The maximum absolute atomic E-state index is 8.85. The molecular weight excluding hydrogens is 188 g/mol. The van der Waals surface area contributed by atoms with Gasteiger partial charge in [0.1, 0.15) is 5.82 Å². The molecular formula is C12H18N2O. The van der Waals surface area contributed by atoms with Crippen LogP contribution >= 0.6 is 0 Å². The largest absolute Gasteiger partial charge is 0.396 e. The van der Waals surface area contributed by atoms with Crippen LogP contribution in [0.2, 0.25) is 0 Å². The van der Waals surface area contributed by atoms with Crippen molar-refractivity contribution in [1.82, 2.24) is 4.98 Å². The van der Waals surface area contributed by atoms with Gasteiger partial charge in [-0.05, 0) is 37.3 Å². The standard InChI is InChI=1S/C12H18N2O/c1-10-8-11(4-7-15)9-13-12(10)14-5-2-3-6-14/h8-9,15H,2-7H2,1H3. The zero-order valence-electron chi connectivity index (χ0n) is 9.24. The second-order valence-electron chi connectivity index (χ2n) is 4.15. The van der Waals surface area contributed by atoms with Crippen LogP contribution < -0.4 is 4.90 Å². The van der Waals surface area contributed by atoms with Crippen LogP contribution in [-0.4, -0.2) is 29.8 Å². The van der Waals surface area contributed by atoms with Gasteiger partial charge in [0.15, 0.2) is 0 Å². The molecule has 3 nitrogen and oxygen atoms in total. The average Bonchev–Trinajstić information content (AvgIpc) is 2.71. The van der Waals surface area contributed by atoms with Crippen molar-refractivity contribution in [3.8, 4) is 0 Å². The average molecular weight is 206 g/mol. The van der Waals surface area contributed by atoms with E-state index in [-0.39, 0.29) is 6.61 Å². The lowest BCUT2D eigenvalue weighted by atomic mass is 10.1. The summed E-state index contributed by atoms with van der Waals surface area (Å²) in [6.45, 7) is 4.56. The van der Waals surface area contributed by atoms with E-state index in [9.17, 15) is 0 Å². The summed E-state index contributed by atoms with van der Waals surface area (Å²) in [4.78, 5) is 6.84. The third kappa shape index (κ3) is 2.29. The Morgan fingerprint density at radius 2 is 2.13 bits per heavy atom. The van der Waals surface area contributed by atoms with Crippen LogP contribution in [-0.2, 0) is 6.42 Å². The molecule has 0 atom stereocenters. The fraction of sp³-hybridized carbons (Fsp3) is 0.583. The number of nitrogens with zero attached hydrogens (tertiary/aromatic N) is 2. The molecule has 1 aliphatic rings. The van der Waals surface area contributed by atoms with E-state index < -0.39 is 0 Å². The van der Waals surface area contributed by atoms with Gasteiger partial charge in [0, 0.05) is 25.9 Å². The zero-order chi connectivity index (χ0) is 10.7. The van der Waals surface area contributed by atoms with Crippen LogP contribution in [0.1, 0.15) is 24.0 Å². The molecule has 2 heterocycles. The van der Waals surface area contributed by atoms with Gasteiger partial charge in [-0.2, -0.15) is 0 Å². The second kappa shape index (κ2) is 4.62. The highest BCUT2D eigenvalue weighted by Crippen LogP contribution is 2.22. The summed E-state index contributed by atoms with van der Waals surface area (Å²) < 4.78 is 0. The van der Waals surface area contributed by atoms with E-state index in [4.69, 9.17) is 5.11 Å². The van der Waals surface area contributed by atoms with Gasteiger partial charge in [-0.1, -0.05) is 6.07 Å². The van der Waals surface area contributed by atoms with Crippen LogP contribution in [0, 0.1) is 6.92 Å². The highest BCUT2D eigenvalue weighted by atomic mass is 16.2. The molecule has 3 heteroatoms. The fourth-order valence-electron chi connectivity index (χ4n) is 2.15. The first-order valence-electron chi connectivity index (χ1n) is 5.62. The van der Waals surface area contributed by atoms with Crippen LogP contribution in [0.3, 0.4) is 0 Å². The Labute approximate surface area is 90.8 Å². The van der Waals surface area contributed by atoms with Gasteiger partial charge in [-0.25, -0.2) is 4.98 Å². The van der Waals surface area contributed by atoms with Crippen molar-refractivity contribution in [3.05, 3.63) is 23.4 Å². The first-order valence-corrected chi connectivity index (χ1v) is 5.62. The van der Waals surface area contributed by atoms with Crippen LogP contribution in [0.15, 0.2) is 12.3 Å². The number of aliphatic hydroxyl groups excluding tert-OH is 1. The Morgan fingerprint density at radius 1 is 1.40 bits per heavy atom. The predicted octanol–water partition coefficient (Wildman–Crippen LogP) is 1.53. The molecule has 1 aliphatic heterocycles. The lowest BCUT2D eigenvalue weighted by Crippen LogP contribution is -2.20. The summed E-state index contributed by atoms with van der Waals surface area (Å²) in [5.74, 6) is 1.12. The number of rotatable bonds is 3. The number of aryl methyl sites for hydroxylation is 1. The smallest absolute Gasteiger partial charge is 0.131 e. The van der Waals surface area contributed by atoms with Gasteiger partial charge in [-0.15, -0.1) is 0 Å². The van der Waals surface area contributed by atoms with Gasteiger partial charge >= 0.3 is 0 Å². The topological polar surface area (TPSA) is 36.4 Å². The number of pyridine rings is 1. The number of hydrogen-bond donors (Lipinski definition) is 1. The molecule has 0 aliphatic carbocycles. The third-order valence-electron chi connectivity index (χ3n) is 2.91. The second-order valence-corrected chi connectivity index (χ2v) is 4.15. The van der Waals surface area contributed by atoms with E-state index in [2.05, 4.69) is 22.9 Å². The van der Waals surface area contributed by atoms with E-state index in [0.717, 1.165) is 24.5 Å². The Morgan fingerprint density at radius 3 is 2.73 bits per heavy atom. The van der Waals surface area contributed by atoms with E-state index in [0.29, 0.717) is 6.42 Å². The van der Waals surface area contributed by atoms with Crippen molar-refractivity contribution >= 4 is 5.82 Å². The molecule has 0 bridgehead atoms. The van der Waals surface area contributed by atoms with Crippen molar-refractivity contribution in [3.63, 3.8) is 0 Å². The Balaban J connectivity index is 2.18. The van der Waals surface area contributed by atoms with E-state index in [1.807, 2.05) is 6.20 Å². The minimum absolute atomic E-state index is 0.199. The van der Waals surface area contributed by atoms with Crippen molar-refractivity contribution in [2.75, 3.05) is 24.6 Å². The number of aliphatic hydroxyl groups is 1. The van der Waals surface area contributed by atoms with E-state index in [1.54, 1.807) is 0 Å². The molecule has 0 aromatic carbocycles. The maximum Gasteiger partial charge on any atom is 0.131 e. The number of hydrogen-bond acceptors (Lipinski definition) is 3. The van der Waals surface area contributed by atoms with Gasteiger partial charge in [0.05, 0.1) is 0 Å². The normalized spacial score (nSPS) is 16.0. The quantitative estimate of drug-likeness (QED) is 0.814. The van der Waals surface area contributed by atoms with Gasteiger partial charge in [0.2, 0.25) is 0 Å². The lowest BCUT2D eigenvalue weighted by Gasteiger charge is -2.18. The molecule has 1 N–H and O–H groups in total. The van der Waals surface area contributed by atoms with Crippen LogP contribution in [0.4, 0.5) is 5.82 Å². The van der Waals surface area contributed by atoms with Crippen LogP contribution in [0.25, 0.3) is 0 Å². The number of anilines is 1. The highest BCUT2D eigenvalue weighted by Gasteiger charge is 2.15. The SMILES string of the molecule is Cc1cc(CCO)cnc1N1CCCC1. The minimum Gasteiger partial charge on any atom is -0.396 e. The first-order chi connectivity index (χ1) is 7.31. The van der Waals surface area contributed by atoms with Gasteiger partial charge in [-0.3, -0.25) is 0 Å². The van der Waals surface area contributed by atoms with Crippen molar-refractivity contribution in [1.29, 1.82) is 0 Å². The zero-order valence-corrected chi connectivity index (χ0v) is 9.24. The molecule has 0 spiro atoms. The monoisotopic (exact) mass is 206 g/mol. The summed E-state index contributed by atoms with van der Waals surface area (Å²) in [5.41, 5.74) is 2.35. The minimum atomic E-state index is 0.199. The summed E-state index contributed by atoms with van der Waals surface area (Å²) in [6, 6.07) is 2.14. The highest BCUT2D eigenvalue weighted by molar-refractivity contribution is 5.48. The number of aromatic nitrogens is 1. The van der Waals surface area contributed by atoms with Gasteiger partial charge in [0.25, 0.3) is 0 Å². The molecule has 0 amide bonds. The third-order valence-corrected chi connectivity index (χ3v) is 2.91. The molecule has 0 saturated carbocycles. The molecule has 2 rings (SSSR count). The Bertz CT molecular complexity index is 332.